The first-order chi connectivity index (χ1) is 7.94. The Morgan fingerprint density at radius 1 is 1.59 bits per heavy atom. The number of pyridine rings is 1. The number of halogens is 1. The summed E-state index contributed by atoms with van der Waals surface area (Å²) in [5.41, 5.74) is 5.58. The van der Waals surface area contributed by atoms with Crippen LogP contribution in [0.15, 0.2) is 12.3 Å². The molecule has 2 atom stereocenters. The summed E-state index contributed by atoms with van der Waals surface area (Å²) in [6.07, 6.45) is 1.27. The number of aliphatic hydroxyl groups is 1. The molecule has 0 saturated heterocycles. The molecule has 0 aliphatic carbocycles. The van der Waals surface area contributed by atoms with Crippen LogP contribution in [0.5, 0.6) is 0 Å². The Morgan fingerprint density at radius 3 is 2.76 bits per heavy atom. The van der Waals surface area contributed by atoms with Crippen LogP contribution in [0.25, 0.3) is 0 Å². The summed E-state index contributed by atoms with van der Waals surface area (Å²) >= 11 is 5.86. The van der Waals surface area contributed by atoms with E-state index in [0.717, 1.165) is 0 Å². The summed E-state index contributed by atoms with van der Waals surface area (Å²) in [5.74, 6) is 0.279. The lowest BCUT2D eigenvalue weighted by molar-refractivity contribution is -0.112. The highest BCUT2D eigenvalue weighted by Gasteiger charge is 2.34. The first-order valence-corrected chi connectivity index (χ1v) is 6.05. The van der Waals surface area contributed by atoms with Crippen LogP contribution in [0.4, 0.5) is 5.82 Å². The second-order valence-electron chi connectivity index (χ2n) is 4.13. The molecule has 1 aromatic rings. The number of anilines is 1. The molecule has 3 N–H and O–H groups in total. The first kappa shape index (κ1) is 14.2. The first-order valence-electron chi connectivity index (χ1n) is 5.67. The fourth-order valence-corrected chi connectivity index (χ4v) is 1.88. The van der Waals surface area contributed by atoms with Gasteiger partial charge >= 0.3 is 0 Å². The van der Waals surface area contributed by atoms with E-state index in [1.54, 1.807) is 6.07 Å². The lowest BCUT2D eigenvalue weighted by atomic mass is 9.90. The van der Waals surface area contributed by atoms with Crippen molar-refractivity contribution < 1.29 is 9.84 Å². The van der Waals surface area contributed by atoms with Crippen LogP contribution in [-0.4, -0.2) is 22.3 Å². The van der Waals surface area contributed by atoms with Gasteiger partial charge in [0.05, 0.1) is 10.6 Å². The van der Waals surface area contributed by atoms with Gasteiger partial charge in [-0.2, -0.15) is 0 Å². The van der Waals surface area contributed by atoms with Gasteiger partial charge in [-0.1, -0.05) is 18.5 Å². The van der Waals surface area contributed by atoms with Crippen molar-refractivity contribution in [3.05, 3.63) is 22.8 Å². The second-order valence-corrected chi connectivity index (χ2v) is 4.57. The second kappa shape index (κ2) is 5.67. The van der Waals surface area contributed by atoms with Gasteiger partial charge in [0.2, 0.25) is 0 Å². The minimum Gasteiger partial charge on any atom is -0.385 e. The van der Waals surface area contributed by atoms with Crippen LogP contribution >= 0.6 is 11.6 Å². The lowest BCUT2D eigenvalue weighted by Crippen LogP contribution is -2.36. The van der Waals surface area contributed by atoms with Gasteiger partial charge in [0.25, 0.3) is 0 Å². The molecule has 4 nitrogen and oxygen atoms in total. The Hall–Kier alpha value is -0.840. The molecule has 1 aromatic heterocycles. The highest BCUT2D eigenvalue weighted by atomic mass is 35.5. The fourth-order valence-electron chi connectivity index (χ4n) is 1.72. The van der Waals surface area contributed by atoms with Gasteiger partial charge in [-0.3, -0.25) is 0 Å². The van der Waals surface area contributed by atoms with Gasteiger partial charge < -0.3 is 15.6 Å². The van der Waals surface area contributed by atoms with Crippen molar-refractivity contribution in [1.82, 2.24) is 4.98 Å². The van der Waals surface area contributed by atoms with Crippen LogP contribution in [0.1, 0.15) is 38.9 Å². The van der Waals surface area contributed by atoms with Crippen molar-refractivity contribution in [2.45, 2.75) is 38.9 Å². The molecule has 0 radical (unpaired) electrons. The summed E-state index contributed by atoms with van der Waals surface area (Å²) in [5, 5.41) is 10.8. The van der Waals surface area contributed by atoms with Crippen molar-refractivity contribution >= 4 is 17.4 Å². The molecular formula is C12H19ClN2O2. The molecule has 5 heteroatoms. The molecule has 2 unspecified atom stereocenters. The third-order valence-electron chi connectivity index (χ3n) is 2.97. The van der Waals surface area contributed by atoms with Gasteiger partial charge in [-0.15, -0.1) is 0 Å². The van der Waals surface area contributed by atoms with Crippen molar-refractivity contribution in [2.24, 2.45) is 0 Å². The average Bonchev–Trinajstić information content (AvgIpc) is 2.31. The maximum absolute atomic E-state index is 10.4. The molecule has 0 spiro atoms. The van der Waals surface area contributed by atoms with Crippen LogP contribution in [0.3, 0.4) is 0 Å². The Kier molecular flexibility index (Phi) is 4.74. The SMILES string of the molecule is CCOC(C)(CC)C(O)c1cc(Cl)cnc1N. The smallest absolute Gasteiger partial charge is 0.129 e. The van der Waals surface area contributed by atoms with E-state index >= 15 is 0 Å². The minimum absolute atomic E-state index is 0.279. The molecule has 0 saturated carbocycles. The quantitative estimate of drug-likeness (QED) is 0.852. The molecule has 1 rings (SSSR count). The lowest BCUT2D eigenvalue weighted by Gasteiger charge is -2.33. The molecule has 17 heavy (non-hydrogen) atoms. The Bertz CT molecular complexity index is 387. The van der Waals surface area contributed by atoms with E-state index in [9.17, 15) is 5.11 Å². The van der Waals surface area contributed by atoms with Crippen LogP contribution < -0.4 is 5.73 Å². The van der Waals surface area contributed by atoms with E-state index in [-0.39, 0.29) is 5.82 Å². The Morgan fingerprint density at radius 2 is 2.24 bits per heavy atom. The average molecular weight is 259 g/mol. The number of hydrogen-bond donors (Lipinski definition) is 2. The molecule has 1 heterocycles. The molecule has 0 aromatic carbocycles. The van der Waals surface area contributed by atoms with E-state index in [1.165, 1.54) is 6.20 Å². The van der Waals surface area contributed by atoms with E-state index in [4.69, 9.17) is 22.1 Å². The number of nitrogens with zero attached hydrogens (tertiary/aromatic N) is 1. The van der Waals surface area contributed by atoms with Crippen molar-refractivity contribution in [3.8, 4) is 0 Å². The predicted octanol–water partition coefficient (Wildman–Crippen LogP) is 2.56. The van der Waals surface area contributed by atoms with Gasteiger partial charge in [-0.25, -0.2) is 4.98 Å². The van der Waals surface area contributed by atoms with Gasteiger partial charge in [0, 0.05) is 18.4 Å². The van der Waals surface area contributed by atoms with E-state index in [0.29, 0.717) is 23.6 Å². The number of nitrogen functional groups attached to an aromatic ring is 1. The molecule has 96 valence electrons. The molecule has 0 fully saturated rings. The van der Waals surface area contributed by atoms with E-state index in [1.807, 2.05) is 20.8 Å². The zero-order valence-electron chi connectivity index (χ0n) is 10.4. The molecule has 0 amide bonds. The summed E-state index contributed by atoms with van der Waals surface area (Å²) in [6.45, 7) is 6.21. The largest absolute Gasteiger partial charge is 0.385 e. The normalized spacial score (nSPS) is 16.5. The van der Waals surface area contributed by atoms with Crippen LogP contribution in [0, 0.1) is 0 Å². The maximum atomic E-state index is 10.4. The summed E-state index contributed by atoms with van der Waals surface area (Å²) in [4.78, 5) is 3.94. The predicted molar refractivity (Wildman–Crippen MR) is 68.9 cm³/mol. The Balaban J connectivity index is 3.09. The molecular weight excluding hydrogens is 240 g/mol. The monoisotopic (exact) mass is 258 g/mol. The van der Waals surface area contributed by atoms with E-state index in [2.05, 4.69) is 4.98 Å². The summed E-state index contributed by atoms with van der Waals surface area (Å²) < 4.78 is 5.61. The van der Waals surface area contributed by atoms with Gasteiger partial charge in [0.15, 0.2) is 0 Å². The van der Waals surface area contributed by atoms with Crippen molar-refractivity contribution in [1.29, 1.82) is 0 Å². The molecule has 0 aliphatic rings. The number of hydrogen-bond acceptors (Lipinski definition) is 4. The zero-order chi connectivity index (χ0) is 13.1. The number of aromatic nitrogens is 1. The number of ether oxygens (including phenoxy) is 1. The number of nitrogens with two attached hydrogens (primary N) is 1. The van der Waals surface area contributed by atoms with E-state index < -0.39 is 11.7 Å². The van der Waals surface area contributed by atoms with Crippen LogP contribution in [-0.2, 0) is 4.74 Å². The van der Waals surface area contributed by atoms with Crippen molar-refractivity contribution in [2.75, 3.05) is 12.3 Å². The van der Waals surface area contributed by atoms with Gasteiger partial charge in [-0.05, 0) is 26.3 Å². The zero-order valence-corrected chi connectivity index (χ0v) is 11.2. The standard InChI is InChI=1S/C12H19ClN2O2/c1-4-12(3,17-5-2)10(16)9-6-8(13)7-15-11(9)14/h6-7,10,16H,4-5H2,1-3H3,(H2,14,15). The third kappa shape index (κ3) is 3.09. The van der Waals surface area contributed by atoms with Crippen LogP contribution in [0.2, 0.25) is 5.02 Å². The fraction of sp³-hybridized carbons (Fsp3) is 0.583. The third-order valence-corrected chi connectivity index (χ3v) is 3.17. The maximum Gasteiger partial charge on any atom is 0.129 e. The summed E-state index contributed by atoms with van der Waals surface area (Å²) in [6, 6.07) is 1.63. The highest BCUT2D eigenvalue weighted by Crippen LogP contribution is 2.35. The Labute approximate surface area is 107 Å². The number of rotatable bonds is 5. The number of aliphatic hydroxyl groups excluding tert-OH is 1. The topological polar surface area (TPSA) is 68.4 Å². The molecule has 0 aliphatic heterocycles. The molecule has 0 bridgehead atoms. The van der Waals surface area contributed by atoms with Crippen molar-refractivity contribution in [3.63, 3.8) is 0 Å². The minimum atomic E-state index is -0.848. The summed E-state index contributed by atoms with van der Waals surface area (Å²) in [7, 11) is 0. The van der Waals surface area contributed by atoms with Gasteiger partial charge in [0.1, 0.15) is 11.9 Å². The highest BCUT2D eigenvalue weighted by molar-refractivity contribution is 6.30.